The van der Waals surface area contributed by atoms with Crippen LogP contribution in [0.3, 0.4) is 0 Å². The van der Waals surface area contributed by atoms with Crippen LogP contribution in [0.5, 0.6) is 0 Å². The summed E-state index contributed by atoms with van der Waals surface area (Å²) in [7, 11) is 0. The Balaban J connectivity index is 2.39. The molecule has 17 heavy (non-hydrogen) atoms. The molecule has 0 radical (unpaired) electrons. The summed E-state index contributed by atoms with van der Waals surface area (Å²) < 4.78 is 1.05. The molecule has 0 amide bonds. The van der Waals surface area contributed by atoms with Crippen molar-refractivity contribution in [3.8, 4) is 0 Å². The summed E-state index contributed by atoms with van der Waals surface area (Å²) in [5, 5.41) is 1.15. The Labute approximate surface area is 110 Å². The molecule has 1 aromatic heterocycles. The number of halogens is 1. The molecule has 1 heterocycles. The van der Waals surface area contributed by atoms with E-state index in [0.29, 0.717) is 0 Å². The summed E-state index contributed by atoms with van der Waals surface area (Å²) in [6.07, 6.45) is 3.10. The number of fused-ring (bicyclic) bond motifs is 1. The molecular weight excluding hydrogens is 278 g/mol. The SMILES string of the molecule is Cc1nc(CCCCN)c2ccc(Br)cc2n1. The van der Waals surface area contributed by atoms with E-state index < -0.39 is 0 Å². The van der Waals surface area contributed by atoms with Crippen molar-refractivity contribution in [2.75, 3.05) is 6.54 Å². The van der Waals surface area contributed by atoms with Gasteiger partial charge in [0.05, 0.1) is 11.2 Å². The van der Waals surface area contributed by atoms with E-state index in [4.69, 9.17) is 5.73 Å². The summed E-state index contributed by atoms with van der Waals surface area (Å²) in [5.41, 5.74) is 7.66. The number of aryl methyl sites for hydroxylation is 2. The Kier molecular flexibility index (Phi) is 4.07. The zero-order chi connectivity index (χ0) is 12.3. The number of nitrogens with zero attached hydrogens (tertiary/aromatic N) is 2. The van der Waals surface area contributed by atoms with E-state index in [9.17, 15) is 0 Å². The monoisotopic (exact) mass is 293 g/mol. The van der Waals surface area contributed by atoms with Crippen LogP contribution in [0, 0.1) is 6.92 Å². The van der Waals surface area contributed by atoms with Crippen molar-refractivity contribution >= 4 is 26.8 Å². The Bertz CT molecular complexity index is 520. The van der Waals surface area contributed by atoms with Crippen molar-refractivity contribution in [2.24, 2.45) is 5.73 Å². The minimum atomic E-state index is 0.744. The van der Waals surface area contributed by atoms with Gasteiger partial charge in [-0.05, 0) is 50.9 Å². The highest BCUT2D eigenvalue weighted by Crippen LogP contribution is 2.21. The fraction of sp³-hybridized carbons (Fsp3) is 0.385. The second-order valence-electron chi connectivity index (χ2n) is 4.12. The third-order valence-electron chi connectivity index (χ3n) is 2.72. The van der Waals surface area contributed by atoms with E-state index >= 15 is 0 Å². The third kappa shape index (κ3) is 3.01. The molecule has 0 aliphatic heterocycles. The molecular formula is C13H16BrN3. The number of unbranched alkanes of at least 4 members (excludes halogenated alkanes) is 1. The molecule has 4 heteroatoms. The Morgan fingerprint density at radius 1 is 1.24 bits per heavy atom. The molecule has 1 aromatic carbocycles. The van der Waals surface area contributed by atoms with Crippen molar-refractivity contribution in [3.05, 3.63) is 34.2 Å². The average molecular weight is 294 g/mol. The van der Waals surface area contributed by atoms with E-state index in [2.05, 4.69) is 32.0 Å². The van der Waals surface area contributed by atoms with Gasteiger partial charge in [0.15, 0.2) is 0 Å². The van der Waals surface area contributed by atoms with Gasteiger partial charge in [-0.25, -0.2) is 9.97 Å². The van der Waals surface area contributed by atoms with E-state index in [1.807, 2.05) is 19.1 Å². The first-order chi connectivity index (χ1) is 8.20. The zero-order valence-corrected chi connectivity index (χ0v) is 11.5. The quantitative estimate of drug-likeness (QED) is 0.882. The lowest BCUT2D eigenvalue weighted by Crippen LogP contribution is -2.02. The van der Waals surface area contributed by atoms with Crippen molar-refractivity contribution in [1.82, 2.24) is 9.97 Å². The second-order valence-corrected chi connectivity index (χ2v) is 5.04. The van der Waals surface area contributed by atoms with Crippen LogP contribution in [0.4, 0.5) is 0 Å². The van der Waals surface area contributed by atoms with Gasteiger partial charge < -0.3 is 5.73 Å². The highest BCUT2D eigenvalue weighted by Gasteiger charge is 2.05. The van der Waals surface area contributed by atoms with Gasteiger partial charge in [-0.3, -0.25) is 0 Å². The molecule has 0 aliphatic rings. The van der Waals surface area contributed by atoms with Crippen LogP contribution in [0.2, 0.25) is 0 Å². The molecule has 90 valence electrons. The van der Waals surface area contributed by atoms with Gasteiger partial charge in [-0.2, -0.15) is 0 Å². The number of rotatable bonds is 4. The van der Waals surface area contributed by atoms with Crippen molar-refractivity contribution in [2.45, 2.75) is 26.2 Å². The third-order valence-corrected chi connectivity index (χ3v) is 3.21. The van der Waals surface area contributed by atoms with Crippen LogP contribution in [-0.2, 0) is 6.42 Å². The number of hydrogen-bond acceptors (Lipinski definition) is 3. The van der Waals surface area contributed by atoms with Crippen molar-refractivity contribution in [1.29, 1.82) is 0 Å². The number of hydrogen-bond donors (Lipinski definition) is 1. The van der Waals surface area contributed by atoms with E-state index in [-0.39, 0.29) is 0 Å². The van der Waals surface area contributed by atoms with Gasteiger partial charge in [-0.15, -0.1) is 0 Å². The number of nitrogens with two attached hydrogens (primary N) is 1. The van der Waals surface area contributed by atoms with Crippen LogP contribution in [0.25, 0.3) is 10.9 Å². The Hall–Kier alpha value is -1.00. The fourth-order valence-electron chi connectivity index (χ4n) is 1.92. The molecule has 0 bridgehead atoms. The molecule has 0 atom stereocenters. The van der Waals surface area contributed by atoms with Crippen LogP contribution in [-0.4, -0.2) is 16.5 Å². The van der Waals surface area contributed by atoms with Gasteiger partial charge >= 0.3 is 0 Å². The molecule has 2 rings (SSSR count). The molecule has 2 aromatic rings. The van der Waals surface area contributed by atoms with Gasteiger partial charge in [0.25, 0.3) is 0 Å². The molecule has 0 spiro atoms. The van der Waals surface area contributed by atoms with E-state index in [1.54, 1.807) is 0 Å². The molecule has 3 nitrogen and oxygen atoms in total. The summed E-state index contributed by atoms with van der Waals surface area (Å²) >= 11 is 3.47. The highest BCUT2D eigenvalue weighted by atomic mass is 79.9. The molecule has 0 saturated carbocycles. The second kappa shape index (κ2) is 5.56. The lowest BCUT2D eigenvalue weighted by Gasteiger charge is -2.07. The van der Waals surface area contributed by atoms with Gasteiger partial charge in [0.1, 0.15) is 5.82 Å². The minimum Gasteiger partial charge on any atom is -0.330 e. The molecule has 0 unspecified atom stereocenters. The largest absolute Gasteiger partial charge is 0.330 e. The zero-order valence-electron chi connectivity index (χ0n) is 9.91. The van der Waals surface area contributed by atoms with Crippen LogP contribution >= 0.6 is 15.9 Å². The van der Waals surface area contributed by atoms with Gasteiger partial charge in [0.2, 0.25) is 0 Å². The van der Waals surface area contributed by atoms with Crippen LogP contribution < -0.4 is 5.73 Å². The number of benzene rings is 1. The maximum atomic E-state index is 5.52. The number of aromatic nitrogens is 2. The summed E-state index contributed by atoms with van der Waals surface area (Å²) in [6.45, 7) is 2.68. The Morgan fingerprint density at radius 3 is 2.82 bits per heavy atom. The molecule has 0 saturated heterocycles. The van der Waals surface area contributed by atoms with Gasteiger partial charge in [0, 0.05) is 9.86 Å². The molecule has 0 fully saturated rings. The van der Waals surface area contributed by atoms with E-state index in [1.165, 1.54) is 0 Å². The smallest absolute Gasteiger partial charge is 0.126 e. The fourth-order valence-corrected chi connectivity index (χ4v) is 2.27. The normalized spacial score (nSPS) is 11.0. The predicted octanol–water partition coefficient (Wildman–Crippen LogP) is 2.98. The lowest BCUT2D eigenvalue weighted by atomic mass is 10.1. The summed E-state index contributed by atoms with van der Waals surface area (Å²) in [4.78, 5) is 9.00. The van der Waals surface area contributed by atoms with Crippen molar-refractivity contribution < 1.29 is 0 Å². The highest BCUT2D eigenvalue weighted by molar-refractivity contribution is 9.10. The minimum absolute atomic E-state index is 0.744. The first-order valence-electron chi connectivity index (χ1n) is 5.83. The first-order valence-corrected chi connectivity index (χ1v) is 6.63. The maximum absolute atomic E-state index is 5.52. The summed E-state index contributed by atoms with van der Waals surface area (Å²) in [6, 6.07) is 6.15. The molecule has 2 N–H and O–H groups in total. The topological polar surface area (TPSA) is 51.8 Å². The lowest BCUT2D eigenvalue weighted by molar-refractivity contribution is 0.732. The standard InChI is InChI=1S/C13H16BrN3/c1-9-16-12(4-2-3-7-15)11-6-5-10(14)8-13(11)17-9/h5-6,8H,2-4,7,15H2,1H3. The van der Waals surface area contributed by atoms with Crippen LogP contribution in [0.1, 0.15) is 24.4 Å². The Morgan fingerprint density at radius 2 is 2.06 bits per heavy atom. The van der Waals surface area contributed by atoms with Crippen LogP contribution in [0.15, 0.2) is 22.7 Å². The van der Waals surface area contributed by atoms with Crippen molar-refractivity contribution in [3.63, 3.8) is 0 Å². The average Bonchev–Trinajstić information content (AvgIpc) is 2.28. The first kappa shape index (κ1) is 12.5. The summed E-state index contributed by atoms with van der Waals surface area (Å²) in [5.74, 6) is 0.832. The van der Waals surface area contributed by atoms with Gasteiger partial charge in [-0.1, -0.05) is 15.9 Å². The molecule has 0 aliphatic carbocycles. The predicted molar refractivity (Wildman–Crippen MR) is 74.0 cm³/mol. The van der Waals surface area contributed by atoms with E-state index in [0.717, 1.165) is 52.7 Å². The maximum Gasteiger partial charge on any atom is 0.126 e.